The van der Waals surface area contributed by atoms with Crippen LogP contribution in [0.15, 0.2) is 78.0 Å². The van der Waals surface area contributed by atoms with E-state index >= 15 is 0 Å². The molecule has 0 atom stereocenters. The molecule has 0 aliphatic heterocycles. The van der Waals surface area contributed by atoms with Crippen molar-refractivity contribution in [3.8, 4) is 0 Å². The Balaban J connectivity index is 1.38. The van der Waals surface area contributed by atoms with Crippen LogP contribution in [0.1, 0.15) is 45.8 Å². The first-order chi connectivity index (χ1) is 15.9. The standard InChI is InChI=1S/C26H26N4O2S/c1-17(2)27-26(32)23-14-20(10-7-18(23)3)29-25(31)19-8-11-22(12-9-19)33-16-21-15-30-13-5-4-6-24(30)28-21/h4-15,17H,16H2,1-3H3,(H,27,32)(H,29,31). The Bertz CT molecular complexity index is 1260. The summed E-state index contributed by atoms with van der Waals surface area (Å²) < 4.78 is 2.01. The van der Waals surface area contributed by atoms with Crippen LogP contribution in [0.5, 0.6) is 0 Å². The smallest absolute Gasteiger partial charge is 0.255 e. The molecule has 0 aliphatic rings. The third-order valence-corrected chi connectivity index (χ3v) is 6.12. The van der Waals surface area contributed by atoms with E-state index in [1.54, 1.807) is 23.9 Å². The zero-order chi connectivity index (χ0) is 23.4. The maximum Gasteiger partial charge on any atom is 0.255 e. The molecule has 2 amide bonds. The van der Waals surface area contributed by atoms with Crippen LogP contribution in [0, 0.1) is 6.92 Å². The number of carbonyl (C=O) groups excluding carboxylic acids is 2. The summed E-state index contributed by atoms with van der Waals surface area (Å²) in [6, 6.07) is 18.8. The molecule has 33 heavy (non-hydrogen) atoms. The molecule has 4 rings (SSSR count). The van der Waals surface area contributed by atoms with E-state index in [9.17, 15) is 9.59 Å². The largest absolute Gasteiger partial charge is 0.350 e. The predicted octanol–water partition coefficient (Wildman–Crippen LogP) is 5.33. The highest BCUT2D eigenvalue weighted by molar-refractivity contribution is 7.98. The first-order valence-electron chi connectivity index (χ1n) is 10.8. The number of fused-ring (bicyclic) bond motifs is 1. The summed E-state index contributed by atoms with van der Waals surface area (Å²) in [5.41, 5.74) is 4.50. The molecular formula is C26H26N4O2S. The van der Waals surface area contributed by atoms with Gasteiger partial charge in [0.25, 0.3) is 11.8 Å². The molecule has 6 nitrogen and oxygen atoms in total. The van der Waals surface area contributed by atoms with Crippen molar-refractivity contribution in [2.75, 3.05) is 5.32 Å². The number of nitrogens with zero attached hydrogens (tertiary/aromatic N) is 2. The highest BCUT2D eigenvalue weighted by Crippen LogP contribution is 2.23. The highest BCUT2D eigenvalue weighted by Gasteiger charge is 2.13. The van der Waals surface area contributed by atoms with Crippen molar-refractivity contribution >= 4 is 34.9 Å². The van der Waals surface area contributed by atoms with E-state index in [1.165, 1.54) is 0 Å². The molecule has 4 aromatic rings. The van der Waals surface area contributed by atoms with Crippen molar-refractivity contribution in [3.63, 3.8) is 0 Å². The molecule has 2 heterocycles. The fraction of sp³-hybridized carbons (Fsp3) is 0.192. The topological polar surface area (TPSA) is 75.5 Å². The lowest BCUT2D eigenvalue weighted by atomic mass is 10.1. The first kappa shape index (κ1) is 22.6. The number of aryl methyl sites for hydroxylation is 1. The summed E-state index contributed by atoms with van der Waals surface area (Å²) in [7, 11) is 0. The number of pyridine rings is 1. The summed E-state index contributed by atoms with van der Waals surface area (Å²) in [5.74, 6) is 0.384. The van der Waals surface area contributed by atoms with Gasteiger partial charge in [-0.2, -0.15) is 0 Å². The maximum atomic E-state index is 12.7. The molecule has 0 radical (unpaired) electrons. The summed E-state index contributed by atoms with van der Waals surface area (Å²) >= 11 is 1.67. The van der Waals surface area contributed by atoms with Crippen LogP contribution >= 0.6 is 11.8 Å². The van der Waals surface area contributed by atoms with Crippen LogP contribution < -0.4 is 10.6 Å². The van der Waals surface area contributed by atoms with Gasteiger partial charge in [-0.25, -0.2) is 4.98 Å². The van der Waals surface area contributed by atoms with Gasteiger partial charge in [0.15, 0.2) is 0 Å². The normalized spacial score (nSPS) is 11.0. The summed E-state index contributed by atoms with van der Waals surface area (Å²) in [6.07, 6.45) is 4.01. The van der Waals surface area contributed by atoms with Crippen LogP contribution in [0.3, 0.4) is 0 Å². The van der Waals surface area contributed by atoms with Crippen molar-refractivity contribution in [2.45, 2.75) is 37.5 Å². The van der Waals surface area contributed by atoms with Crippen LogP contribution in [0.25, 0.3) is 5.65 Å². The summed E-state index contributed by atoms with van der Waals surface area (Å²) in [6.45, 7) is 5.71. The molecule has 0 fully saturated rings. The number of amides is 2. The van der Waals surface area contributed by atoms with E-state index in [0.29, 0.717) is 16.8 Å². The monoisotopic (exact) mass is 458 g/mol. The second-order valence-electron chi connectivity index (χ2n) is 8.12. The molecular weight excluding hydrogens is 432 g/mol. The quantitative estimate of drug-likeness (QED) is 0.367. The molecule has 0 saturated carbocycles. The first-order valence-corrected chi connectivity index (χ1v) is 11.8. The number of imidazole rings is 1. The maximum absolute atomic E-state index is 12.7. The Morgan fingerprint density at radius 1 is 1.03 bits per heavy atom. The number of carbonyl (C=O) groups is 2. The van der Waals surface area contributed by atoms with E-state index in [0.717, 1.165) is 27.6 Å². The zero-order valence-corrected chi connectivity index (χ0v) is 19.6. The molecule has 0 unspecified atom stereocenters. The lowest BCUT2D eigenvalue weighted by molar-refractivity contribution is 0.0941. The van der Waals surface area contributed by atoms with Gasteiger partial charge in [-0.3, -0.25) is 9.59 Å². The number of nitrogens with one attached hydrogen (secondary N) is 2. The van der Waals surface area contributed by atoms with Crippen molar-refractivity contribution in [1.82, 2.24) is 14.7 Å². The zero-order valence-electron chi connectivity index (χ0n) is 18.8. The van der Waals surface area contributed by atoms with Crippen LogP contribution in [0.2, 0.25) is 0 Å². The molecule has 2 aromatic heterocycles. The van der Waals surface area contributed by atoms with Gasteiger partial charge in [-0.05, 0) is 74.9 Å². The Hall–Kier alpha value is -3.58. The predicted molar refractivity (Wildman–Crippen MR) is 133 cm³/mol. The minimum atomic E-state index is -0.217. The van der Waals surface area contributed by atoms with Crippen molar-refractivity contribution in [2.24, 2.45) is 0 Å². The SMILES string of the molecule is Cc1ccc(NC(=O)c2ccc(SCc3cn4ccccc4n3)cc2)cc1C(=O)NC(C)C. The number of aromatic nitrogens is 2. The second kappa shape index (κ2) is 9.92. The van der Waals surface area contributed by atoms with Gasteiger partial charge in [0.05, 0.1) is 5.69 Å². The van der Waals surface area contributed by atoms with Gasteiger partial charge in [0.1, 0.15) is 5.65 Å². The molecule has 0 saturated heterocycles. The van der Waals surface area contributed by atoms with E-state index in [1.807, 2.05) is 86.1 Å². The molecule has 7 heteroatoms. The second-order valence-corrected chi connectivity index (χ2v) is 9.17. The Morgan fingerprint density at radius 3 is 2.55 bits per heavy atom. The summed E-state index contributed by atoms with van der Waals surface area (Å²) in [5, 5.41) is 5.78. The molecule has 0 bridgehead atoms. The molecule has 168 valence electrons. The molecule has 0 spiro atoms. The van der Waals surface area contributed by atoms with Gasteiger partial charge in [0.2, 0.25) is 0 Å². The fourth-order valence-electron chi connectivity index (χ4n) is 3.40. The van der Waals surface area contributed by atoms with Crippen LogP contribution in [-0.4, -0.2) is 27.2 Å². The van der Waals surface area contributed by atoms with Crippen LogP contribution in [-0.2, 0) is 5.75 Å². The number of benzene rings is 2. The fourth-order valence-corrected chi connectivity index (χ4v) is 4.19. The van der Waals surface area contributed by atoms with E-state index < -0.39 is 0 Å². The molecule has 0 aliphatic carbocycles. The lowest BCUT2D eigenvalue weighted by Crippen LogP contribution is -2.30. The third kappa shape index (κ3) is 5.62. The van der Waals surface area contributed by atoms with Crippen molar-refractivity contribution < 1.29 is 9.59 Å². The van der Waals surface area contributed by atoms with E-state index in [-0.39, 0.29) is 17.9 Å². The average molecular weight is 459 g/mol. The Kier molecular flexibility index (Phi) is 6.79. The van der Waals surface area contributed by atoms with Gasteiger partial charge < -0.3 is 15.0 Å². The number of hydrogen-bond acceptors (Lipinski definition) is 4. The number of rotatable bonds is 7. The Labute approximate surface area is 197 Å². The van der Waals surface area contributed by atoms with Crippen molar-refractivity contribution in [1.29, 1.82) is 0 Å². The molecule has 2 aromatic carbocycles. The number of anilines is 1. The minimum Gasteiger partial charge on any atom is -0.350 e. The molecule has 2 N–H and O–H groups in total. The lowest BCUT2D eigenvalue weighted by Gasteiger charge is -2.12. The van der Waals surface area contributed by atoms with Crippen molar-refractivity contribution in [3.05, 3.63) is 95.4 Å². The van der Waals surface area contributed by atoms with E-state index in [4.69, 9.17) is 0 Å². The van der Waals surface area contributed by atoms with Gasteiger partial charge in [-0.1, -0.05) is 12.1 Å². The third-order valence-electron chi connectivity index (χ3n) is 5.08. The number of thioether (sulfide) groups is 1. The van der Waals surface area contributed by atoms with Gasteiger partial charge in [-0.15, -0.1) is 11.8 Å². The highest BCUT2D eigenvalue weighted by atomic mass is 32.2. The number of hydrogen-bond donors (Lipinski definition) is 2. The average Bonchev–Trinajstić information content (AvgIpc) is 3.22. The summed E-state index contributed by atoms with van der Waals surface area (Å²) in [4.78, 5) is 30.8. The Morgan fingerprint density at radius 2 is 1.82 bits per heavy atom. The van der Waals surface area contributed by atoms with E-state index in [2.05, 4.69) is 15.6 Å². The van der Waals surface area contributed by atoms with Gasteiger partial charge >= 0.3 is 0 Å². The van der Waals surface area contributed by atoms with Crippen LogP contribution in [0.4, 0.5) is 5.69 Å². The minimum absolute atomic E-state index is 0.0410. The van der Waals surface area contributed by atoms with Gasteiger partial charge in [0, 0.05) is 45.9 Å².